The summed E-state index contributed by atoms with van der Waals surface area (Å²) in [4.78, 5) is 72.4. The zero-order chi connectivity index (χ0) is 67.2. The Bertz CT molecular complexity index is 1770. The van der Waals surface area contributed by atoms with Gasteiger partial charge in [0.25, 0.3) is 0 Å². The highest BCUT2D eigenvalue weighted by Gasteiger charge is 2.30. The summed E-state index contributed by atoms with van der Waals surface area (Å²) in [5.41, 5.74) is 0. The van der Waals surface area contributed by atoms with Crippen LogP contribution in [-0.4, -0.2) is 96.7 Å². The smallest absolute Gasteiger partial charge is 0.462 e. The molecule has 0 aromatic carbocycles. The van der Waals surface area contributed by atoms with Gasteiger partial charge in [-0.15, -0.1) is 0 Å². The Kier molecular flexibility index (Phi) is 62.7. The summed E-state index contributed by atoms with van der Waals surface area (Å²) in [7, 11) is -9.89. The third-order valence-corrected chi connectivity index (χ3v) is 19.0. The molecule has 17 nitrogen and oxygen atoms in total. The monoisotopic (exact) mass is 1340 g/mol. The second-order valence-electron chi connectivity index (χ2n) is 26.7. The van der Waals surface area contributed by atoms with Crippen LogP contribution in [0.25, 0.3) is 0 Å². The van der Waals surface area contributed by atoms with Crippen LogP contribution in [-0.2, 0) is 65.4 Å². The molecule has 0 aromatic rings. The number of hydrogen-bond donors (Lipinski definition) is 3. The molecule has 3 unspecified atom stereocenters. The van der Waals surface area contributed by atoms with Crippen LogP contribution in [0, 0.1) is 11.8 Å². The number of unbranched alkanes of at least 4 members (excludes halogenated alkanes) is 40. The molecule has 0 aliphatic heterocycles. The number of phosphoric acid groups is 2. The number of aliphatic hydroxyl groups is 1. The van der Waals surface area contributed by atoms with Crippen molar-refractivity contribution in [3.63, 3.8) is 0 Å². The van der Waals surface area contributed by atoms with Crippen LogP contribution in [0.15, 0.2) is 0 Å². The van der Waals surface area contributed by atoms with Crippen molar-refractivity contribution in [2.24, 2.45) is 11.8 Å². The van der Waals surface area contributed by atoms with Crippen molar-refractivity contribution in [2.45, 2.75) is 387 Å². The van der Waals surface area contributed by atoms with Gasteiger partial charge in [0.05, 0.1) is 26.4 Å². The standard InChI is InChI=1S/C72H140O17P2/c1-7-10-12-14-16-36-42-48-54-69(74)82-60-67(88-71(76)56-50-44-37-17-15-13-11-8-2)62-86-90(78,79)84-58-66(73)59-85-91(80,81)87-63-68(61-83-70(75)55-49-43-38-32-28-24-20-18-22-26-30-34-40-46-52-64(4)5)89-72(77)57-51-45-39-33-29-25-21-19-23-27-31-35-41-47-53-65(6)9-3/h64-68,73H,7-63H2,1-6H3,(H,78,79)(H,80,81)/t65?,66-,67+,68+/m0/s1. The maximum atomic E-state index is 13.0. The van der Waals surface area contributed by atoms with E-state index in [4.69, 9.17) is 37.0 Å². The average molecular weight is 1340 g/mol. The maximum Gasteiger partial charge on any atom is 0.472 e. The normalized spacial score (nSPS) is 14.4. The fraction of sp³-hybridized carbons (Fsp3) is 0.944. The molecule has 0 heterocycles. The van der Waals surface area contributed by atoms with Crippen LogP contribution >= 0.6 is 15.6 Å². The van der Waals surface area contributed by atoms with E-state index in [9.17, 15) is 43.2 Å². The van der Waals surface area contributed by atoms with Crippen molar-refractivity contribution < 1.29 is 80.2 Å². The first-order valence-corrected chi connectivity index (χ1v) is 40.5. The number of hydrogen-bond acceptors (Lipinski definition) is 15. The number of aliphatic hydroxyl groups excluding tert-OH is 1. The number of rotatable bonds is 71. The van der Waals surface area contributed by atoms with Crippen LogP contribution < -0.4 is 0 Å². The van der Waals surface area contributed by atoms with E-state index in [-0.39, 0.29) is 25.7 Å². The molecule has 0 saturated carbocycles. The highest BCUT2D eigenvalue weighted by molar-refractivity contribution is 7.47. The molecule has 0 saturated heterocycles. The molecule has 0 amide bonds. The number of carbonyl (C=O) groups excluding carboxylic acids is 4. The molecule has 540 valence electrons. The first kappa shape index (κ1) is 89.1. The molecule has 0 aliphatic carbocycles. The Hall–Kier alpha value is -1.94. The van der Waals surface area contributed by atoms with Crippen molar-refractivity contribution in [3.8, 4) is 0 Å². The van der Waals surface area contributed by atoms with E-state index in [0.717, 1.165) is 115 Å². The summed E-state index contributed by atoms with van der Waals surface area (Å²) in [5, 5.41) is 10.6. The van der Waals surface area contributed by atoms with Gasteiger partial charge in [-0.1, -0.05) is 318 Å². The third-order valence-electron chi connectivity index (χ3n) is 17.1. The minimum atomic E-state index is -4.95. The average Bonchev–Trinajstić information content (AvgIpc) is 3.63. The van der Waals surface area contributed by atoms with Crippen LogP contribution in [0.4, 0.5) is 0 Å². The topological polar surface area (TPSA) is 237 Å². The van der Waals surface area contributed by atoms with Gasteiger partial charge in [0.15, 0.2) is 12.2 Å². The first-order valence-electron chi connectivity index (χ1n) is 37.5. The van der Waals surface area contributed by atoms with E-state index < -0.39 is 97.5 Å². The maximum absolute atomic E-state index is 13.0. The summed E-state index contributed by atoms with van der Waals surface area (Å²) in [5.74, 6) is -0.481. The largest absolute Gasteiger partial charge is 0.472 e. The molecule has 0 aromatic heterocycles. The van der Waals surface area contributed by atoms with E-state index in [1.165, 1.54) is 173 Å². The number of esters is 4. The lowest BCUT2D eigenvalue weighted by molar-refractivity contribution is -0.161. The van der Waals surface area contributed by atoms with E-state index in [1.54, 1.807) is 0 Å². The van der Waals surface area contributed by atoms with Crippen molar-refractivity contribution in [1.29, 1.82) is 0 Å². The Morgan fingerprint density at radius 2 is 0.560 bits per heavy atom. The fourth-order valence-electron chi connectivity index (χ4n) is 10.9. The molecule has 0 rings (SSSR count). The molecule has 3 N–H and O–H groups in total. The lowest BCUT2D eigenvalue weighted by Crippen LogP contribution is -2.30. The van der Waals surface area contributed by atoms with Gasteiger partial charge >= 0.3 is 39.5 Å². The quantitative estimate of drug-likeness (QED) is 0.0222. The van der Waals surface area contributed by atoms with Crippen molar-refractivity contribution >= 4 is 39.5 Å². The second kappa shape index (κ2) is 64.1. The molecule has 0 bridgehead atoms. The molecule has 19 heteroatoms. The summed E-state index contributed by atoms with van der Waals surface area (Å²) in [6.07, 6.45) is 50.0. The Morgan fingerprint density at radius 1 is 0.319 bits per heavy atom. The summed E-state index contributed by atoms with van der Waals surface area (Å²) >= 11 is 0. The zero-order valence-electron chi connectivity index (χ0n) is 59.1. The Labute approximate surface area is 556 Å². The second-order valence-corrected chi connectivity index (χ2v) is 29.6. The van der Waals surface area contributed by atoms with Gasteiger partial charge in [0, 0.05) is 25.7 Å². The SMILES string of the molecule is CCCCCCCCCCC(=O)OC[C@H](COP(=O)(O)OC[C@H](O)COP(=O)(O)OC[C@@H](COC(=O)CCCCCCCCCCCCCCCCC(C)C)OC(=O)CCCCCCCCCCCCCCCCC(C)CC)OC(=O)CCCCCCCCCC. The van der Waals surface area contributed by atoms with Crippen LogP contribution in [0.1, 0.15) is 369 Å². The summed E-state index contributed by atoms with van der Waals surface area (Å²) < 4.78 is 68.2. The lowest BCUT2D eigenvalue weighted by Gasteiger charge is -2.21. The van der Waals surface area contributed by atoms with Crippen molar-refractivity contribution in [3.05, 3.63) is 0 Å². The van der Waals surface area contributed by atoms with Crippen LogP contribution in [0.2, 0.25) is 0 Å². The molecular formula is C72H140O17P2. The molecule has 0 fully saturated rings. The molecule has 91 heavy (non-hydrogen) atoms. The van der Waals surface area contributed by atoms with E-state index in [2.05, 4.69) is 41.5 Å². The van der Waals surface area contributed by atoms with Gasteiger partial charge in [-0.25, -0.2) is 9.13 Å². The highest BCUT2D eigenvalue weighted by atomic mass is 31.2. The van der Waals surface area contributed by atoms with Gasteiger partial charge in [-0.2, -0.15) is 0 Å². The van der Waals surface area contributed by atoms with E-state index >= 15 is 0 Å². The number of phosphoric ester groups is 2. The summed E-state index contributed by atoms with van der Waals surface area (Å²) in [6, 6.07) is 0. The number of ether oxygens (including phenoxy) is 4. The van der Waals surface area contributed by atoms with E-state index in [0.29, 0.717) is 25.7 Å². The molecule has 0 spiro atoms. The third kappa shape index (κ3) is 65.1. The van der Waals surface area contributed by atoms with Gasteiger partial charge in [0.2, 0.25) is 0 Å². The molecule has 0 aliphatic rings. The minimum Gasteiger partial charge on any atom is -0.462 e. The highest BCUT2D eigenvalue weighted by Crippen LogP contribution is 2.45. The summed E-state index contributed by atoms with van der Waals surface area (Å²) in [6.45, 7) is 9.59. The van der Waals surface area contributed by atoms with Gasteiger partial charge in [-0.3, -0.25) is 37.3 Å². The number of carbonyl (C=O) groups is 4. The van der Waals surface area contributed by atoms with Crippen LogP contribution in [0.5, 0.6) is 0 Å². The molecule has 0 radical (unpaired) electrons. The lowest BCUT2D eigenvalue weighted by atomic mass is 9.99. The fourth-order valence-corrected chi connectivity index (χ4v) is 12.5. The minimum absolute atomic E-state index is 0.105. The molecular weight excluding hydrogens is 1200 g/mol. The van der Waals surface area contributed by atoms with Gasteiger partial charge < -0.3 is 33.8 Å². The zero-order valence-corrected chi connectivity index (χ0v) is 60.9. The Balaban J connectivity index is 5.18. The predicted molar refractivity (Wildman–Crippen MR) is 368 cm³/mol. The molecule has 6 atom stereocenters. The van der Waals surface area contributed by atoms with Gasteiger partial charge in [0.1, 0.15) is 19.3 Å². The van der Waals surface area contributed by atoms with Crippen molar-refractivity contribution in [1.82, 2.24) is 0 Å². The first-order chi connectivity index (χ1) is 43.9. The van der Waals surface area contributed by atoms with E-state index in [1.807, 2.05) is 0 Å². The predicted octanol–water partition coefficient (Wildman–Crippen LogP) is 20.8. The Morgan fingerprint density at radius 3 is 0.835 bits per heavy atom. The van der Waals surface area contributed by atoms with Gasteiger partial charge in [-0.05, 0) is 37.5 Å². The van der Waals surface area contributed by atoms with Crippen LogP contribution in [0.3, 0.4) is 0 Å². The van der Waals surface area contributed by atoms with Crippen molar-refractivity contribution in [2.75, 3.05) is 39.6 Å².